The van der Waals surface area contributed by atoms with Gasteiger partial charge in [-0.15, -0.1) is 0 Å². The molecule has 10 heteroatoms. The van der Waals surface area contributed by atoms with Crippen molar-refractivity contribution in [1.29, 1.82) is 0 Å². The molecule has 0 unspecified atom stereocenters. The maximum absolute atomic E-state index is 12.9. The lowest BCUT2D eigenvalue weighted by Crippen LogP contribution is -2.27. The normalized spacial score (nSPS) is 14.4. The molecular weight excluding hydrogens is 545 g/mol. The average molecular weight is 563 g/mol. The summed E-state index contributed by atoms with van der Waals surface area (Å²) in [4.78, 5) is 39.4. The Bertz CT molecular complexity index is 1370. The summed E-state index contributed by atoms with van der Waals surface area (Å²) < 4.78 is 11.2. The van der Waals surface area contributed by atoms with Gasteiger partial charge in [0, 0.05) is 15.1 Å². The minimum Gasteiger partial charge on any atom is -0.490 e. The van der Waals surface area contributed by atoms with Gasteiger partial charge in [-0.3, -0.25) is 14.5 Å². The van der Waals surface area contributed by atoms with E-state index in [1.54, 1.807) is 73.7 Å². The minimum atomic E-state index is -0.567. The van der Waals surface area contributed by atoms with Crippen LogP contribution in [0.1, 0.15) is 28.4 Å². The van der Waals surface area contributed by atoms with E-state index in [9.17, 15) is 14.4 Å². The molecule has 1 heterocycles. The summed E-state index contributed by atoms with van der Waals surface area (Å²) in [7, 11) is 0. The van der Waals surface area contributed by atoms with E-state index in [-0.39, 0.29) is 17.2 Å². The molecule has 2 amide bonds. The Labute approximate surface area is 226 Å². The van der Waals surface area contributed by atoms with Gasteiger partial charge in [-0.2, -0.15) is 0 Å². The molecule has 36 heavy (non-hydrogen) atoms. The van der Waals surface area contributed by atoms with E-state index in [0.717, 1.165) is 16.7 Å². The zero-order valence-corrected chi connectivity index (χ0v) is 21.9. The number of nitrogens with zero attached hydrogens (tertiary/aromatic N) is 1. The van der Waals surface area contributed by atoms with Crippen molar-refractivity contribution < 1.29 is 23.9 Å². The fourth-order valence-electron chi connectivity index (χ4n) is 3.32. The minimum absolute atomic E-state index is 0.0296. The standard InChI is InChI=1S/C26H18Cl3NO5S/c1-2-34-22-11-15(3-10-21(22)35-25(32)16-4-7-18(27)8-5-16)12-23-24(31)30(26(33)36-23)14-17-6-9-19(28)13-20(17)29/h3-13H,2,14H2,1H3/b23-12-. The Morgan fingerprint density at radius 3 is 2.36 bits per heavy atom. The van der Waals surface area contributed by atoms with E-state index in [1.807, 2.05) is 0 Å². The molecule has 6 nitrogen and oxygen atoms in total. The number of carbonyl (C=O) groups is 3. The van der Waals surface area contributed by atoms with Crippen LogP contribution in [0.25, 0.3) is 6.08 Å². The van der Waals surface area contributed by atoms with E-state index < -0.39 is 17.1 Å². The Morgan fingerprint density at radius 1 is 0.944 bits per heavy atom. The van der Waals surface area contributed by atoms with Gasteiger partial charge < -0.3 is 9.47 Å². The first kappa shape index (κ1) is 26.1. The van der Waals surface area contributed by atoms with Crippen LogP contribution >= 0.6 is 46.6 Å². The average Bonchev–Trinajstić information content (AvgIpc) is 3.10. The number of ether oxygens (including phenoxy) is 2. The maximum Gasteiger partial charge on any atom is 0.343 e. The Kier molecular flexibility index (Phi) is 8.26. The monoisotopic (exact) mass is 561 g/mol. The summed E-state index contributed by atoms with van der Waals surface area (Å²) in [5.41, 5.74) is 1.54. The highest BCUT2D eigenvalue weighted by molar-refractivity contribution is 8.18. The Balaban J connectivity index is 1.54. The molecule has 3 aromatic carbocycles. The number of amides is 2. The molecule has 0 radical (unpaired) electrons. The fourth-order valence-corrected chi connectivity index (χ4v) is 4.75. The first-order valence-corrected chi connectivity index (χ1v) is 12.6. The van der Waals surface area contributed by atoms with Gasteiger partial charge in [0.25, 0.3) is 11.1 Å². The summed E-state index contributed by atoms with van der Waals surface area (Å²) in [6.45, 7) is 2.15. The quantitative estimate of drug-likeness (QED) is 0.169. The molecule has 4 rings (SSSR count). The van der Waals surface area contributed by atoms with Crippen LogP contribution in [0.5, 0.6) is 11.5 Å². The van der Waals surface area contributed by atoms with Crippen LogP contribution in [0.2, 0.25) is 15.1 Å². The summed E-state index contributed by atoms with van der Waals surface area (Å²) >= 11 is 18.8. The highest BCUT2D eigenvalue weighted by Gasteiger charge is 2.35. The number of imide groups is 1. The molecule has 0 bridgehead atoms. The largest absolute Gasteiger partial charge is 0.490 e. The van der Waals surface area contributed by atoms with Crippen LogP contribution in [-0.4, -0.2) is 28.6 Å². The first-order chi connectivity index (χ1) is 17.2. The number of rotatable bonds is 7. The molecule has 0 saturated carbocycles. The van der Waals surface area contributed by atoms with Crippen molar-refractivity contribution in [2.45, 2.75) is 13.5 Å². The third-order valence-corrected chi connectivity index (χ3v) is 6.81. The van der Waals surface area contributed by atoms with E-state index in [1.165, 1.54) is 0 Å². The summed E-state index contributed by atoms with van der Waals surface area (Å²) in [5.74, 6) is -0.463. The second-order valence-corrected chi connectivity index (χ2v) is 9.81. The molecule has 0 aliphatic carbocycles. The maximum atomic E-state index is 12.9. The number of halogens is 3. The van der Waals surface area contributed by atoms with Gasteiger partial charge in [0.1, 0.15) is 0 Å². The lowest BCUT2D eigenvalue weighted by Gasteiger charge is -2.14. The molecule has 1 aliphatic heterocycles. The number of carbonyl (C=O) groups excluding carboxylic acids is 3. The van der Waals surface area contributed by atoms with Crippen molar-refractivity contribution in [2.24, 2.45) is 0 Å². The molecule has 0 aromatic heterocycles. The van der Waals surface area contributed by atoms with E-state index in [4.69, 9.17) is 44.3 Å². The van der Waals surface area contributed by atoms with Gasteiger partial charge in [-0.1, -0.05) is 46.9 Å². The Hall–Kier alpha value is -2.97. The first-order valence-electron chi connectivity index (χ1n) is 10.7. The predicted octanol–water partition coefficient (Wildman–Crippen LogP) is 7.50. The molecule has 1 fully saturated rings. The summed E-state index contributed by atoms with van der Waals surface area (Å²) in [6.07, 6.45) is 1.59. The van der Waals surface area contributed by atoms with Crippen molar-refractivity contribution in [3.05, 3.63) is 97.3 Å². The van der Waals surface area contributed by atoms with Crippen LogP contribution in [0.15, 0.2) is 65.6 Å². The Morgan fingerprint density at radius 2 is 1.67 bits per heavy atom. The van der Waals surface area contributed by atoms with Crippen molar-refractivity contribution >= 4 is 69.8 Å². The van der Waals surface area contributed by atoms with Gasteiger partial charge in [-0.25, -0.2) is 4.79 Å². The zero-order chi connectivity index (χ0) is 25.8. The number of benzene rings is 3. The highest BCUT2D eigenvalue weighted by atomic mass is 35.5. The second-order valence-electron chi connectivity index (χ2n) is 7.54. The topological polar surface area (TPSA) is 72.9 Å². The molecule has 1 saturated heterocycles. The lowest BCUT2D eigenvalue weighted by atomic mass is 10.1. The number of thioether (sulfide) groups is 1. The molecule has 0 atom stereocenters. The predicted molar refractivity (Wildman–Crippen MR) is 142 cm³/mol. The van der Waals surface area contributed by atoms with Crippen LogP contribution in [-0.2, 0) is 11.3 Å². The van der Waals surface area contributed by atoms with Crippen LogP contribution < -0.4 is 9.47 Å². The van der Waals surface area contributed by atoms with Crippen molar-refractivity contribution in [3.8, 4) is 11.5 Å². The summed E-state index contributed by atoms with van der Waals surface area (Å²) in [6, 6.07) is 16.1. The molecule has 184 valence electrons. The van der Waals surface area contributed by atoms with Gasteiger partial charge in [-0.05, 0) is 84.4 Å². The van der Waals surface area contributed by atoms with Crippen LogP contribution in [0, 0.1) is 0 Å². The molecular formula is C26H18Cl3NO5S. The third-order valence-electron chi connectivity index (χ3n) is 5.07. The van der Waals surface area contributed by atoms with Gasteiger partial charge in [0.05, 0.1) is 23.6 Å². The second kappa shape index (κ2) is 11.4. The zero-order valence-electron chi connectivity index (χ0n) is 18.8. The molecule has 3 aromatic rings. The summed E-state index contributed by atoms with van der Waals surface area (Å²) in [5, 5.41) is 0.934. The lowest BCUT2D eigenvalue weighted by molar-refractivity contribution is -0.123. The van der Waals surface area contributed by atoms with Crippen LogP contribution in [0.3, 0.4) is 0 Å². The van der Waals surface area contributed by atoms with E-state index in [2.05, 4.69) is 0 Å². The van der Waals surface area contributed by atoms with Gasteiger partial charge in [0.2, 0.25) is 0 Å². The number of esters is 1. The molecule has 1 aliphatic rings. The fraction of sp³-hybridized carbons (Fsp3) is 0.115. The molecule has 0 N–H and O–H groups in total. The number of hydrogen-bond acceptors (Lipinski definition) is 6. The van der Waals surface area contributed by atoms with Gasteiger partial charge in [0.15, 0.2) is 11.5 Å². The third kappa shape index (κ3) is 6.05. The molecule has 0 spiro atoms. The van der Waals surface area contributed by atoms with E-state index >= 15 is 0 Å². The highest BCUT2D eigenvalue weighted by Crippen LogP contribution is 2.36. The van der Waals surface area contributed by atoms with Crippen molar-refractivity contribution in [3.63, 3.8) is 0 Å². The van der Waals surface area contributed by atoms with Gasteiger partial charge >= 0.3 is 5.97 Å². The SMILES string of the molecule is CCOc1cc(/C=C2\SC(=O)N(Cc3ccc(Cl)cc3Cl)C2=O)ccc1OC(=O)c1ccc(Cl)cc1. The van der Waals surface area contributed by atoms with E-state index in [0.29, 0.717) is 44.1 Å². The number of hydrogen-bond donors (Lipinski definition) is 0. The van der Waals surface area contributed by atoms with Crippen molar-refractivity contribution in [2.75, 3.05) is 6.61 Å². The van der Waals surface area contributed by atoms with Crippen LogP contribution in [0.4, 0.5) is 4.79 Å². The van der Waals surface area contributed by atoms with Crippen molar-refractivity contribution in [1.82, 2.24) is 4.90 Å². The smallest absolute Gasteiger partial charge is 0.343 e.